The number of ether oxygens (including phenoxy) is 1. The summed E-state index contributed by atoms with van der Waals surface area (Å²) in [4.78, 5) is 34.9. The first-order valence-electron chi connectivity index (χ1n) is 12.8. The molecule has 2 N–H and O–H groups in total. The van der Waals surface area contributed by atoms with Crippen molar-refractivity contribution in [3.8, 4) is 28.3 Å². The smallest absolute Gasteiger partial charge is 0.242 e. The van der Waals surface area contributed by atoms with Gasteiger partial charge in [-0.3, -0.25) is 9.48 Å². The summed E-state index contributed by atoms with van der Waals surface area (Å²) in [7, 11) is 1.87. The van der Waals surface area contributed by atoms with Crippen LogP contribution in [0.1, 0.15) is 45.2 Å². The summed E-state index contributed by atoms with van der Waals surface area (Å²) in [5.74, 6) is 1.60. The number of H-pyrrole nitrogens is 1. The quantitative estimate of drug-likeness (QED) is 0.216. The number of carbonyl (C=O) groups is 1. The van der Waals surface area contributed by atoms with Crippen molar-refractivity contribution in [1.82, 2.24) is 30.0 Å². The monoisotopic (exact) mass is 528 g/mol. The lowest BCUT2D eigenvalue weighted by Crippen LogP contribution is -2.31. The van der Waals surface area contributed by atoms with Gasteiger partial charge in [-0.2, -0.15) is 5.10 Å². The second-order valence-corrected chi connectivity index (χ2v) is 10.5. The number of aryl methyl sites for hydroxylation is 1. The number of aromatic amines is 1. The van der Waals surface area contributed by atoms with Crippen molar-refractivity contribution in [3.63, 3.8) is 0 Å². The van der Waals surface area contributed by atoms with Gasteiger partial charge in [-0.25, -0.2) is 15.0 Å². The average Bonchev–Trinajstić information content (AvgIpc) is 3.48. The standard InChI is InChI=1S/C28H32N8O3/c1-28(2,3)27(39-29-4)31-15-23(37)33-21-7-6-12-38-22-13-17(8-9-20(21)22)19-10-11-30-26-24(19)34-25(35-26)18-14-32-36(5)16-18/h8-11,13-14,16,21H,4,6-7,12,15H2,1-3,5H3,(H,33,37)(H,30,34,35). The van der Waals surface area contributed by atoms with E-state index >= 15 is 0 Å². The molecule has 1 unspecified atom stereocenters. The van der Waals surface area contributed by atoms with E-state index in [4.69, 9.17) is 9.57 Å². The number of nitrogens with one attached hydrogen (secondary N) is 2. The zero-order valence-corrected chi connectivity index (χ0v) is 22.6. The van der Waals surface area contributed by atoms with Crippen molar-refractivity contribution in [2.45, 2.75) is 39.7 Å². The highest BCUT2D eigenvalue weighted by atomic mass is 16.6. The zero-order chi connectivity index (χ0) is 27.6. The molecule has 0 radical (unpaired) electrons. The molecule has 11 nitrogen and oxygen atoms in total. The van der Waals surface area contributed by atoms with Crippen LogP contribution >= 0.6 is 0 Å². The molecule has 1 aliphatic heterocycles. The van der Waals surface area contributed by atoms with E-state index in [0.717, 1.165) is 46.4 Å². The minimum absolute atomic E-state index is 0.0685. The summed E-state index contributed by atoms with van der Waals surface area (Å²) in [6, 6.07) is 7.82. The predicted molar refractivity (Wildman–Crippen MR) is 150 cm³/mol. The normalized spacial score (nSPS) is 15.8. The van der Waals surface area contributed by atoms with E-state index in [9.17, 15) is 4.79 Å². The first-order chi connectivity index (χ1) is 18.7. The molecule has 0 saturated heterocycles. The molecule has 4 heterocycles. The van der Waals surface area contributed by atoms with E-state index in [-0.39, 0.29) is 18.5 Å². The van der Waals surface area contributed by atoms with Gasteiger partial charge in [-0.15, -0.1) is 0 Å². The number of fused-ring (bicyclic) bond motifs is 2. The third kappa shape index (κ3) is 5.66. The number of imidazole rings is 1. The molecule has 0 bridgehead atoms. The number of amides is 1. The second kappa shape index (κ2) is 10.7. The van der Waals surface area contributed by atoms with E-state index in [1.165, 1.54) is 0 Å². The summed E-state index contributed by atoms with van der Waals surface area (Å²) in [6.45, 7) is 9.65. The third-order valence-electron chi connectivity index (χ3n) is 6.46. The Kier molecular flexibility index (Phi) is 7.14. The first kappa shape index (κ1) is 26.1. The van der Waals surface area contributed by atoms with Crippen LogP contribution in [0.2, 0.25) is 0 Å². The number of aliphatic imine (C=N–C) groups is 1. The van der Waals surface area contributed by atoms with Crippen LogP contribution in [0.3, 0.4) is 0 Å². The Morgan fingerprint density at radius 2 is 2.15 bits per heavy atom. The molecule has 1 aromatic carbocycles. The van der Waals surface area contributed by atoms with E-state index < -0.39 is 5.41 Å². The molecule has 4 aromatic rings. The molecule has 1 amide bonds. The fourth-order valence-corrected chi connectivity index (χ4v) is 4.57. The largest absolute Gasteiger partial charge is 0.493 e. The van der Waals surface area contributed by atoms with E-state index in [1.54, 1.807) is 17.1 Å². The first-order valence-corrected chi connectivity index (χ1v) is 12.8. The van der Waals surface area contributed by atoms with Crippen molar-refractivity contribution >= 4 is 29.7 Å². The van der Waals surface area contributed by atoms with E-state index in [1.807, 2.05) is 58.3 Å². The molecule has 1 atom stereocenters. The van der Waals surface area contributed by atoms with Crippen LogP contribution in [0.4, 0.5) is 0 Å². The van der Waals surface area contributed by atoms with Crippen LogP contribution in [0.15, 0.2) is 53.0 Å². The van der Waals surface area contributed by atoms with Crippen molar-refractivity contribution in [2.75, 3.05) is 13.2 Å². The Morgan fingerprint density at radius 3 is 2.90 bits per heavy atom. The van der Waals surface area contributed by atoms with Crippen LogP contribution in [-0.4, -0.2) is 56.4 Å². The number of hydrogen-bond donors (Lipinski definition) is 2. The minimum Gasteiger partial charge on any atom is -0.493 e. The minimum atomic E-state index is -0.396. The molecule has 202 valence electrons. The summed E-state index contributed by atoms with van der Waals surface area (Å²) in [5.41, 5.74) is 4.79. The molecule has 11 heteroatoms. The maximum Gasteiger partial charge on any atom is 0.242 e. The highest BCUT2D eigenvalue weighted by Gasteiger charge is 2.25. The Bertz CT molecular complexity index is 1550. The fraction of sp³-hybridized carbons (Fsp3) is 0.357. The average molecular weight is 529 g/mol. The molecule has 39 heavy (non-hydrogen) atoms. The van der Waals surface area contributed by atoms with Gasteiger partial charge in [0.15, 0.2) is 5.65 Å². The van der Waals surface area contributed by atoms with Crippen LogP contribution in [0.5, 0.6) is 5.75 Å². The summed E-state index contributed by atoms with van der Waals surface area (Å²) < 4.78 is 7.85. The van der Waals surface area contributed by atoms with Gasteiger partial charge in [0, 0.05) is 42.7 Å². The van der Waals surface area contributed by atoms with Gasteiger partial charge in [0.25, 0.3) is 0 Å². The van der Waals surface area contributed by atoms with Crippen LogP contribution in [-0.2, 0) is 16.7 Å². The highest BCUT2D eigenvalue weighted by molar-refractivity contribution is 5.92. The molecular formula is C28H32N8O3. The summed E-state index contributed by atoms with van der Waals surface area (Å²) in [6.07, 6.45) is 6.98. The number of rotatable bonds is 6. The maximum absolute atomic E-state index is 12.8. The Hall–Kier alpha value is -4.54. The van der Waals surface area contributed by atoms with Crippen molar-refractivity contribution < 1.29 is 14.4 Å². The van der Waals surface area contributed by atoms with Gasteiger partial charge in [0.1, 0.15) is 18.1 Å². The molecule has 3 aromatic heterocycles. The van der Waals surface area contributed by atoms with Gasteiger partial charge in [0.05, 0.1) is 29.9 Å². The lowest BCUT2D eigenvalue weighted by atomic mass is 9.97. The second-order valence-electron chi connectivity index (χ2n) is 10.5. The molecule has 0 spiro atoms. The number of hydrogen-bond acceptors (Lipinski definition) is 8. The summed E-state index contributed by atoms with van der Waals surface area (Å²) >= 11 is 0. The molecule has 0 saturated carbocycles. The number of aromatic nitrogens is 5. The van der Waals surface area contributed by atoms with Gasteiger partial charge in [0.2, 0.25) is 11.8 Å². The van der Waals surface area contributed by atoms with Crippen LogP contribution in [0.25, 0.3) is 33.7 Å². The predicted octanol–water partition coefficient (Wildman–Crippen LogP) is 4.43. The fourth-order valence-electron chi connectivity index (χ4n) is 4.57. The van der Waals surface area contributed by atoms with E-state index in [2.05, 4.69) is 42.2 Å². The van der Waals surface area contributed by atoms with E-state index in [0.29, 0.717) is 24.0 Å². The van der Waals surface area contributed by atoms with Gasteiger partial charge in [-0.05, 0) is 30.5 Å². The Labute approximate surface area is 226 Å². The zero-order valence-electron chi connectivity index (χ0n) is 22.6. The number of oxime groups is 1. The SMILES string of the molecule is C=NOC(=NCC(=O)NC1CCCOc2cc(-c3ccnc4nc(-c5cnn(C)c5)[nH]c34)ccc21)C(C)(C)C. The Balaban J connectivity index is 1.40. The molecule has 0 fully saturated rings. The Morgan fingerprint density at radius 1 is 1.31 bits per heavy atom. The number of carbonyl (C=O) groups excluding carboxylic acids is 1. The molecular weight excluding hydrogens is 496 g/mol. The van der Waals surface area contributed by atoms with Crippen LogP contribution in [0, 0.1) is 5.41 Å². The summed E-state index contributed by atoms with van der Waals surface area (Å²) in [5, 5.41) is 10.8. The number of benzene rings is 1. The topological polar surface area (TPSA) is 132 Å². The maximum atomic E-state index is 12.8. The number of nitrogens with zero attached hydrogens (tertiary/aromatic N) is 6. The van der Waals surface area contributed by atoms with Crippen molar-refractivity contribution in [3.05, 3.63) is 48.4 Å². The third-order valence-corrected chi connectivity index (χ3v) is 6.46. The highest BCUT2D eigenvalue weighted by Crippen LogP contribution is 2.37. The lowest BCUT2D eigenvalue weighted by molar-refractivity contribution is -0.120. The lowest BCUT2D eigenvalue weighted by Gasteiger charge is -2.20. The van der Waals surface area contributed by atoms with Crippen molar-refractivity contribution in [1.29, 1.82) is 0 Å². The molecule has 0 aliphatic carbocycles. The molecule has 1 aliphatic rings. The van der Waals surface area contributed by atoms with Crippen LogP contribution < -0.4 is 10.1 Å². The van der Waals surface area contributed by atoms with Gasteiger partial charge in [-0.1, -0.05) is 38.1 Å². The van der Waals surface area contributed by atoms with Gasteiger partial charge < -0.3 is 19.9 Å². The van der Waals surface area contributed by atoms with Crippen molar-refractivity contribution in [2.24, 2.45) is 22.6 Å². The molecule has 5 rings (SSSR count). The van der Waals surface area contributed by atoms with Gasteiger partial charge >= 0.3 is 0 Å². The number of pyridine rings is 1.